The van der Waals surface area contributed by atoms with Crippen molar-refractivity contribution >= 4 is 33.7 Å². The summed E-state index contributed by atoms with van der Waals surface area (Å²) in [6.07, 6.45) is -0.413. The van der Waals surface area contributed by atoms with Gasteiger partial charge >= 0.3 is 12.1 Å². The molecule has 136 valence electrons. The normalized spacial score (nSPS) is 18.3. The lowest BCUT2D eigenvalue weighted by Gasteiger charge is -2.24. The summed E-state index contributed by atoms with van der Waals surface area (Å²) in [5.74, 6) is -0.340. The molecule has 1 amide bonds. The number of amides is 1. The molecule has 0 aliphatic carbocycles. The Morgan fingerprint density at radius 1 is 1.15 bits per heavy atom. The predicted molar refractivity (Wildman–Crippen MR) is 102 cm³/mol. The number of carbonyl (C=O) groups is 2. The third kappa shape index (κ3) is 3.90. The molecule has 5 nitrogen and oxygen atoms in total. The van der Waals surface area contributed by atoms with Crippen LogP contribution >= 0.6 is 15.9 Å². The van der Waals surface area contributed by atoms with Crippen molar-refractivity contribution < 1.29 is 19.1 Å². The molecule has 1 unspecified atom stereocenters. The number of carbonyl (C=O) groups excluding carboxylic acids is 2. The van der Waals surface area contributed by atoms with E-state index in [4.69, 9.17) is 9.47 Å². The molecular weight excluding hydrogens is 398 g/mol. The summed E-state index contributed by atoms with van der Waals surface area (Å²) in [6.45, 7) is 4.16. The largest absolute Gasteiger partial charge is 0.465 e. The lowest BCUT2D eigenvalue weighted by molar-refractivity contribution is -0.142. The van der Waals surface area contributed by atoms with Crippen LogP contribution in [0.1, 0.15) is 25.0 Å². The number of esters is 1. The Kier molecular flexibility index (Phi) is 5.32. The number of rotatable bonds is 4. The number of anilines is 1. The van der Waals surface area contributed by atoms with Crippen LogP contribution in [0.3, 0.4) is 0 Å². The van der Waals surface area contributed by atoms with E-state index in [1.54, 1.807) is 4.90 Å². The SMILES string of the molecule is CC(=O)OCC1(C)CN(C(=O)OCc2ccccc2)c2ccc(Br)cc21. The van der Waals surface area contributed by atoms with Gasteiger partial charge in [-0.3, -0.25) is 9.69 Å². The van der Waals surface area contributed by atoms with E-state index in [0.29, 0.717) is 6.54 Å². The van der Waals surface area contributed by atoms with Crippen molar-refractivity contribution in [2.45, 2.75) is 25.9 Å². The number of halogens is 1. The smallest absolute Gasteiger partial charge is 0.414 e. The van der Waals surface area contributed by atoms with Crippen molar-refractivity contribution in [1.29, 1.82) is 0 Å². The van der Waals surface area contributed by atoms with E-state index < -0.39 is 11.5 Å². The van der Waals surface area contributed by atoms with Gasteiger partial charge in [0.15, 0.2) is 0 Å². The molecule has 2 aromatic carbocycles. The zero-order valence-corrected chi connectivity index (χ0v) is 16.3. The predicted octanol–water partition coefficient (Wildman–Crippen LogP) is 4.43. The summed E-state index contributed by atoms with van der Waals surface area (Å²) in [6, 6.07) is 15.3. The Balaban J connectivity index is 1.80. The highest BCUT2D eigenvalue weighted by atomic mass is 79.9. The molecule has 1 atom stereocenters. The van der Waals surface area contributed by atoms with Crippen LogP contribution in [-0.4, -0.2) is 25.2 Å². The van der Waals surface area contributed by atoms with Gasteiger partial charge < -0.3 is 9.47 Å². The van der Waals surface area contributed by atoms with Crippen molar-refractivity contribution in [2.75, 3.05) is 18.1 Å². The van der Waals surface area contributed by atoms with Crippen LogP contribution in [0, 0.1) is 0 Å². The highest BCUT2D eigenvalue weighted by molar-refractivity contribution is 9.10. The summed E-state index contributed by atoms with van der Waals surface area (Å²) in [5, 5.41) is 0. The second kappa shape index (κ2) is 7.50. The van der Waals surface area contributed by atoms with Crippen LogP contribution in [0.25, 0.3) is 0 Å². The standard InChI is InChI=1S/C20H20BrNO4/c1-14(23)26-13-20(2)12-22(18-9-8-16(21)10-17(18)20)19(24)25-11-15-6-4-3-5-7-15/h3-10H,11-13H2,1-2H3. The van der Waals surface area contributed by atoms with Gasteiger partial charge in [0.1, 0.15) is 13.2 Å². The maximum Gasteiger partial charge on any atom is 0.414 e. The van der Waals surface area contributed by atoms with Gasteiger partial charge in [-0.15, -0.1) is 0 Å². The Morgan fingerprint density at radius 3 is 2.58 bits per heavy atom. The Hall–Kier alpha value is -2.34. The highest BCUT2D eigenvalue weighted by Crippen LogP contribution is 2.42. The fraction of sp³-hybridized carbons (Fsp3) is 0.300. The number of nitrogens with zero attached hydrogens (tertiary/aromatic N) is 1. The van der Waals surface area contributed by atoms with Crippen LogP contribution in [0.2, 0.25) is 0 Å². The minimum Gasteiger partial charge on any atom is -0.465 e. The number of benzene rings is 2. The van der Waals surface area contributed by atoms with E-state index in [1.165, 1.54) is 6.92 Å². The zero-order valence-electron chi connectivity index (χ0n) is 14.7. The van der Waals surface area contributed by atoms with Crippen molar-refractivity contribution in [3.63, 3.8) is 0 Å². The Bertz CT molecular complexity index is 824. The van der Waals surface area contributed by atoms with Crippen LogP contribution < -0.4 is 4.90 Å². The van der Waals surface area contributed by atoms with E-state index in [9.17, 15) is 9.59 Å². The van der Waals surface area contributed by atoms with Gasteiger partial charge in [0, 0.05) is 23.4 Å². The maximum absolute atomic E-state index is 12.7. The fourth-order valence-electron chi connectivity index (χ4n) is 3.09. The third-order valence-electron chi connectivity index (χ3n) is 4.43. The molecule has 0 radical (unpaired) electrons. The number of ether oxygens (including phenoxy) is 2. The van der Waals surface area contributed by atoms with E-state index >= 15 is 0 Å². The first-order chi connectivity index (χ1) is 12.4. The molecule has 26 heavy (non-hydrogen) atoms. The first-order valence-corrected chi connectivity index (χ1v) is 9.10. The summed E-state index contributed by atoms with van der Waals surface area (Å²) >= 11 is 3.47. The molecule has 0 N–H and O–H groups in total. The van der Waals surface area contributed by atoms with Crippen LogP contribution in [-0.2, 0) is 26.3 Å². The molecule has 0 saturated heterocycles. The summed E-state index contributed by atoms with van der Waals surface area (Å²) in [7, 11) is 0. The number of hydrogen-bond acceptors (Lipinski definition) is 4. The first-order valence-electron chi connectivity index (χ1n) is 8.31. The zero-order chi connectivity index (χ0) is 18.7. The molecule has 1 aliphatic rings. The minimum atomic E-state index is -0.490. The first kappa shape index (κ1) is 18.5. The molecule has 1 heterocycles. The molecule has 3 rings (SSSR count). The van der Waals surface area contributed by atoms with Gasteiger partial charge in [0.25, 0.3) is 0 Å². The lowest BCUT2D eigenvalue weighted by atomic mass is 9.85. The van der Waals surface area contributed by atoms with Crippen molar-refractivity contribution in [3.05, 3.63) is 64.1 Å². The van der Waals surface area contributed by atoms with Gasteiger partial charge in [-0.2, -0.15) is 0 Å². The molecule has 0 bridgehead atoms. The van der Waals surface area contributed by atoms with E-state index in [1.807, 2.05) is 55.5 Å². The second-order valence-electron chi connectivity index (χ2n) is 6.63. The van der Waals surface area contributed by atoms with Gasteiger partial charge in [-0.1, -0.05) is 53.2 Å². The van der Waals surface area contributed by atoms with Gasteiger partial charge in [0.2, 0.25) is 0 Å². The lowest BCUT2D eigenvalue weighted by Crippen LogP contribution is -2.38. The average molecular weight is 418 g/mol. The third-order valence-corrected chi connectivity index (χ3v) is 4.92. The summed E-state index contributed by atoms with van der Waals surface area (Å²) < 4.78 is 11.6. The van der Waals surface area contributed by atoms with Crippen LogP contribution in [0.15, 0.2) is 53.0 Å². The van der Waals surface area contributed by atoms with Crippen LogP contribution in [0.5, 0.6) is 0 Å². The van der Waals surface area contributed by atoms with E-state index in [0.717, 1.165) is 21.3 Å². The van der Waals surface area contributed by atoms with E-state index in [-0.39, 0.29) is 19.2 Å². The topological polar surface area (TPSA) is 55.8 Å². The molecular formula is C20H20BrNO4. The monoisotopic (exact) mass is 417 g/mol. The molecule has 1 aliphatic heterocycles. The quantitative estimate of drug-likeness (QED) is 0.690. The number of hydrogen-bond donors (Lipinski definition) is 0. The Morgan fingerprint density at radius 2 is 1.88 bits per heavy atom. The van der Waals surface area contributed by atoms with Gasteiger partial charge in [-0.25, -0.2) is 4.79 Å². The molecule has 2 aromatic rings. The maximum atomic E-state index is 12.7. The average Bonchev–Trinajstić information content (AvgIpc) is 2.92. The van der Waals surface area contributed by atoms with Crippen LogP contribution in [0.4, 0.5) is 10.5 Å². The van der Waals surface area contributed by atoms with Gasteiger partial charge in [0.05, 0.1) is 5.69 Å². The van der Waals surface area contributed by atoms with Crippen molar-refractivity contribution in [2.24, 2.45) is 0 Å². The number of fused-ring (bicyclic) bond motifs is 1. The van der Waals surface area contributed by atoms with Crippen molar-refractivity contribution in [3.8, 4) is 0 Å². The fourth-order valence-corrected chi connectivity index (χ4v) is 3.45. The molecule has 6 heteroatoms. The molecule has 0 aromatic heterocycles. The molecule has 0 spiro atoms. The summed E-state index contributed by atoms with van der Waals surface area (Å²) in [5.41, 5.74) is 2.17. The second-order valence-corrected chi connectivity index (χ2v) is 7.54. The molecule has 0 fully saturated rings. The van der Waals surface area contributed by atoms with Crippen molar-refractivity contribution in [1.82, 2.24) is 0 Å². The highest BCUT2D eigenvalue weighted by Gasteiger charge is 2.43. The van der Waals surface area contributed by atoms with E-state index in [2.05, 4.69) is 15.9 Å². The minimum absolute atomic E-state index is 0.203. The van der Waals surface area contributed by atoms with Gasteiger partial charge in [-0.05, 0) is 29.3 Å². The Labute approximate surface area is 161 Å². The summed E-state index contributed by atoms with van der Waals surface area (Å²) in [4.78, 5) is 25.5. The molecule has 0 saturated carbocycles.